The zero-order chi connectivity index (χ0) is 17.4. The van der Waals surface area contributed by atoms with Gasteiger partial charge < -0.3 is 10.6 Å². The Bertz CT molecular complexity index is 877. The van der Waals surface area contributed by atoms with Crippen LogP contribution in [0.5, 0.6) is 0 Å². The summed E-state index contributed by atoms with van der Waals surface area (Å²) in [6, 6.07) is 10.8. The summed E-state index contributed by atoms with van der Waals surface area (Å²) in [4.78, 5) is 18.4. The van der Waals surface area contributed by atoms with Gasteiger partial charge >= 0.3 is 0 Å². The number of rotatable bonds is 3. The molecule has 2 aromatic heterocycles. The van der Waals surface area contributed by atoms with E-state index in [-0.39, 0.29) is 23.9 Å². The van der Waals surface area contributed by atoms with E-state index in [0.717, 1.165) is 10.6 Å². The number of nitrogens with one attached hydrogen (secondary N) is 2. The van der Waals surface area contributed by atoms with E-state index in [9.17, 15) is 4.79 Å². The molecule has 0 unspecified atom stereocenters. The van der Waals surface area contributed by atoms with Gasteiger partial charge in [0.25, 0.3) is 0 Å². The normalized spacial score (nSPS) is 22.1. The van der Waals surface area contributed by atoms with Crippen molar-refractivity contribution >= 4 is 40.5 Å². The highest BCUT2D eigenvalue weighted by molar-refractivity contribution is 7.10. The third-order valence-corrected chi connectivity index (χ3v) is 5.52. The van der Waals surface area contributed by atoms with E-state index in [1.54, 1.807) is 40.3 Å². The number of carbonyl (C=O) groups excluding carboxylic acids is 1. The predicted molar refractivity (Wildman–Crippen MR) is 99.1 cm³/mol. The third kappa shape index (κ3) is 3.01. The molecule has 4 rings (SSSR count). The van der Waals surface area contributed by atoms with Crippen LogP contribution in [-0.2, 0) is 4.79 Å². The second-order valence-corrected chi connectivity index (χ2v) is 7.36. The zero-order valence-electron chi connectivity index (χ0n) is 13.4. The van der Waals surface area contributed by atoms with Gasteiger partial charge in [-0.15, -0.1) is 11.3 Å². The van der Waals surface area contributed by atoms with Crippen LogP contribution < -0.4 is 10.6 Å². The zero-order valence-corrected chi connectivity index (χ0v) is 15.0. The highest BCUT2D eigenvalue weighted by Crippen LogP contribution is 2.38. The van der Waals surface area contributed by atoms with Crippen LogP contribution in [0.3, 0.4) is 0 Å². The SMILES string of the molecule is C[C@@H]1Nc2ncnn2[C@@H](c2cccs2)[C@H]1C(=O)Nc1ccc(Cl)cc1. The van der Waals surface area contributed by atoms with Crippen LogP contribution in [0.15, 0.2) is 48.1 Å². The number of anilines is 2. The third-order valence-electron chi connectivity index (χ3n) is 4.32. The van der Waals surface area contributed by atoms with Crippen molar-refractivity contribution in [2.75, 3.05) is 10.6 Å². The molecule has 1 aliphatic rings. The fourth-order valence-electron chi connectivity index (χ4n) is 3.16. The van der Waals surface area contributed by atoms with Crippen LogP contribution in [0.1, 0.15) is 17.8 Å². The summed E-state index contributed by atoms with van der Waals surface area (Å²) in [6.45, 7) is 1.99. The summed E-state index contributed by atoms with van der Waals surface area (Å²) >= 11 is 7.53. The Morgan fingerprint density at radius 1 is 1.32 bits per heavy atom. The van der Waals surface area contributed by atoms with E-state index in [2.05, 4.69) is 20.7 Å². The molecule has 1 aliphatic heterocycles. The van der Waals surface area contributed by atoms with Crippen LogP contribution in [-0.4, -0.2) is 26.7 Å². The van der Waals surface area contributed by atoms with Crippen molar-refractivity contribution in [3.05, 3.63) is 58.0 Å². The molecule has 0 saturated carbocycles. The Morgan fingerprint density at radius 2 is 2.12 bits per heavy atom. The van der Waals surface area contributed by atoms with Crippen molar-refractivity contribution in [3.8, 4) is 0 Å². The monoisotopic (exact) mass is 373 g/mol. The topological polar surface area (TPSA) is 71.8 Å². The molecule has 3 aromatic rings. The molecule has 25 heavy (non-hydrogen) atoms. The van der Waals surface area contributed by atoms with Crippen molar-refractivity contribution in [3.63, 3.8) is 0 Å². The Hall–Kier alpha value is -2.38. The molecular formula is C17H16ClN5OS. The largest absolute Gasteiger partial charge is 0.351 e. The number of thiophene rings is 1. The van der Waals surface area contributed by atoms with Crippen LogP contribution >= 0.6 is 22.9 Å². The van der Waals surface area contributed by atoms with Crippen molar-refractivity contribution in [1.82, 2.24) is 14.8 Å². The van der Waals surface area contributed by atoms with Gasteiger partial charge in [0, 0.05) is 21.6 Å². The molecule has 0 saturated heterocycles. The smallest absolute Gasteiger partial charge is 0.232 e. The van der Waals surface area contributed by atoms with Gasteiger partial charge in [-0.1, -0.05) is 17.7 Å². The average molecular weight is 374 g/mol. The van der Waals surface area contributed by atoms with Crippen molar-refractivity contribution < 1.29 is 4.79 Å². The summed E-state index contributed by atoms with van der Waals surface area (Å²) in [5, 5.41) is 13.2. The van der Waals surface area contributed by atoms with E-state index >= 15 is 0 Å². The summed E-state index contributed by atoms with van der Waals surface area (Å²) in [5.41, 5.74) is 0.718. The van der Waals surface area contributed by atoms with Crippen molar-refractivity contribution in [2.24, 2.45) is 5.92 Å². The van der Waals surface area contributed by atoms with Gasteiger partial charge in [0.2, 0.25) is 11.9 Å². The molecule has 6 nitrogen and oxygen atoms in total. The first-order valence-corrected chi connectivity index (χ1v) is 9.15. The number of halogens is 1. The minimum Gasteiger partial charge on any atom is -0.351 e. The maximum atomic E-state index is 13.1. The lowest BCUT2D eigenvalue weighted by Crippen LogP contribution is -2.46. The first-order chi connectivity index (χ1) is 12.1. The standard InChI is InChI=1S/C17H16ClN5OS/c1-10-14(16(24)22-12-6-4-11(18)5-7-12)15(13-3-2-8-25-13)23-17(21-10)19-9-20-23/h2-10,14-15H,1H3,(H,22,24)(H,19,20,21)/t10-,14-,15-/m0/s1. The highest BCUT2D eigenvalue weighted by atomic mass is 35.5. The lowest BCUT2D eigenvalue weighted by atomic mass is 9.89. The fraction of sp³-hybridized carbons (Fsp3) is 0.235. The maximum absolute atomic E-state index is 13.1. The number of hydrogen-bond acceptors (Lipinski definition) is 5. The number of nitrogens with zero attached hydrogens (tertiary/aromatic N) is 3. The highest BCUT2D eigenvalue weighted by Gasteiger charge is 2.41. The predicted octanol–water partition coefficient (Wildman–Crippen LogP) is 3.65. The number of amides is 1. The molecule has 128 valence electrons. The second kappa shape index (κ2) is 6.50. The summed E-state index contributed by atoms with van der Waals surface area (Å²) in [5.74, 6) is 0.284. The Kier molecular flexibility index (Phi) is 4.19. The van der Waals surface area contributed by atoms with Gasteiger partial charge in [-0.2, -0.15) is 10.1 Å². The molecule has 8 heteroatoms. The van der Waals surface area contributed by atoms with Gasteiger partial charge in [-0.25, -0.2) is 4.68 Å². The first kappa shape index (κ1) is 16.1. The molecule has 3 atom stereocenters. The maximum Gasteiger partial charge on any atom is 0.232 e. The number of aromatic nitrogens is 3. The van der Waals surface area contributed by atoms with Crippen LogP contribution in [0.4, 0.5) is 11.6 Å². The molecule has 1 amide bonds. The molecule has 3 heterocycles. The second-order valence-electron chi connectivity index (χ2n) is 5.94. The molecule has 0 radical (unpaired) electrons. The molecule has 2 N–H and O–H groups in total. The van der Waals surface area contributed by atoms with E-state index in [0.29, 0.717) is 11.0 Å². The Labute approximate surface area is 153 Å². The van der Waals surface area contributed by atoms with E-state index < -0.39 is 0 Å². The molecular weight excluding hydrogens is 358 g/mol. The van der Waals surface area contributed by atoms with Gasteiger partial charge in [0.1, 0.15) is 12.4 Å². The number of benzene rings is 1. The molecule has 0 aliphatic carbocycles. The van der Waals surface area contributed by atoms with Crippen molar-refractivity contribution in [1.29, 1.82) is 0 Å². The first-order valence-electron chi connectivity index (χ1n) is 7.89. The van der Waals surface area contributed by atoms with Gasteiger partial charge in [-0.05, 0) is 42.6 Å². The Morgan fingerprint density at radius 3 is 2.84 bits per heavy atom. The Balaban J connectivity index is 1.68. The molecule has 1 aromatic carbocycles. The average Bonchev–Trinajstić information content (AvgIpc) is 3.26. The molecule has 0 bridgehead atoms. The minimum atomic E-state index is -0.330. The van der Waals surface area contributed by atoms with Crippen LogP contribution in [0.25, 0.3) is 0 Å². The van der Waals surface area contributed by atoms with Crippen LogP contribution in [0, 0.1) is 5.92 Å². The van der Waals surface area contributed by atoms with E-state index in [1.807, 2.05) is 24.4 Å². The van der Waals surface area contributed by atoms with Crippen molar-refractivity contribution in [2.45, 2.75) is 19.0 Å². The lowest BCUT2D eigenvalue weighted by molar-refractivity contribution is -0.121. The van der Waals surface area contributed by atoms with E-state index in [1.165, 1.54) is 6.33 Å². The summed E-state index contributed by atoms with van der Waals surface area (Å²) in [6.07, 6.45) is 1.51. The van der Waals surface area contributed by atoms with Crippen LogP contribution in [0.2, 0.25) is 5.02 Å². The van der Waals surface area contributed by atoms with E-state index in [4.69, 9.17) is 11.6 Å². The molecule has 0 fully saturated rings. The summed E-state index contributed by atoms with van der Waals surface area (Å²) in [7, 11) is 0. The van der Waals surface area contributed by atoms with Gasteiger partial charge in [0.15, 0.2) is 0 Å². The quantitative estimate of drug-likeness (QED) is 0.735. The van der Waals surface area contributed by atoms with Gasteiger partial charge in [0.05, 0.1) is 5.92 Å². The van der Waals surface area contributed by atoms with Gasteiger partial charge in [-0.3, -0.25) is 4.79 Å². The number of carbonyl (C=O) groups is 1. The lowest BCUT2D eigenvalue weighted by Gasteiger charge is -2.36. The number of fused-ring (bicyclic) bond motifs is 1. The molecule has 0 spiro atoms. The fourth-order valence-corrected chi connectivity index (χ4v) is 4.15. The summed E-state index contributed by atoms with van der Waals surface area (Å²) < 4.78 is 1.79. The number of hydrogen-bond donors (Lipinski definition) is 2. The minimum absolute atomic E-state index is 0.0677.